The lowest BCUT2D eigenvalue weighted by atomic mass is 9.43. The number of unbranched alkanes of at least 4 members (excludes halogenated alkanes) is 1. The molecule has 6 atom stereocenters. The maximum absolute atomic E-state index is 12.3. The van der Waals surface area contributed by atoms with Crippen molar-refractivity contribution in [2.24, 2.45) is 38.8 Å². The molecule has 10 heteroatoms. The van der Waals surface area contributed by atoms with E-state index in [0.29, 0.717) is 24.2 Å². The van der Waals surface area contributed by atoms with Gasteiger partial charge in [0, 0.05) is 12.0 Å². The molecule has 35 heavy (non-hydrogen) atoms. The lowest BCUT2D eigenvalue weighted by molar-refractivity contribution is -0.847. The van der Waals surface area contributed by atoms with Gasteiger partial charge in [-0.05, 0) is 56.4 Å². The van der Waals surface area contributed by atoms with Gasteiger partial charge in [0.1, 0.15) is 0 Å². The molecule has 6 unspecified atom stereocenters. The van der Waals surface area contributed by atoms with Crippen molar-refractivity contribution in [2.45, 2.75) is 70.5 Å². The minimum atomic E-state index is -0.493. The van der Waals surface area contributed by atoms with Crippen LogP contribution in [-0.2, 0) is 14.1 Å². The molecule has 1 aromatic carbocycles. The molecule has 0 aromatic heterocycles. The van der Waals surface area contributed by atoms with Crippen LogP contribution in [0.2, 0.25) is 0 Å². The number of quaternary nitrogens is 1. The smallest absolute Gasteiger partial charge is 0.401 e. The van der Waals surface area contributed by atoms with Gasteiger partial charge in [-0.2, -0.15) is 4.99 Å². The van der Waals surface area contributed by atoms with Crippen LogP contribution in [-0.4, -0.2) is 60.5 Å². The number of aliphatic imine (C=N–C) groups is 1. The van der Waals surface area contributed by atoms with Gasteiger partial charge in [0.05, 0.1) is 11.7 Å². The van der Waals surface area contributed by atoms with Gasteiger partial charge < -0.3 is 20.8 Å². The van der Waals surface area contributed by atoms with E-state index in [9.17, 15) is 4.79 Å². The van der Waals surface area contributed by atoms with Crippen LogP contribution >= 0.6 is 12.4 Å². The first-order chi connectivity index (χ1) is 16.2. The minimum absolute atomic E-state index is 0. The standard InChI is InChI=1S/C25H36BN5O3.ClH/c1-24(2)18-13-19(24)25(3)20(14-18)33-26(34-25)21(11-7-8-12-27)31(15-22(28)32)16-29-23(30-31)17-9-5-4-6-10-17;/h4-6,9-10,16,18-21H,7-8,11-15,27H2,1-3H3,(H-,28,32);1H/p+1. The van der Waals surface area contributed by atoms with E-state index in [-0.39, 0.29) is 46.6 Å². The molecule has 2 aliphatic heterocycles. The first-order valence-electron chi connectivity index (χ1n) is 12.6. The second-order valence-electron chi connectivity index (χ2n) is 11.2. The topological polar surface area (TPSA) is 112 Å². The number of benzene rings is 1. The van der Waals surface area contributed by atoms with Gasteiger partial charge in [0.15, 0.2) is 12.5 Å². The van der Waals surface area contributed by atoms with Crippen LogP contribution in [0.25, 0.3) is 0 Å². The molecule has 3 aliphatic carbocycles. The largest absolute Gasteiger partial charge is 0.524 e. The van der Waals surface area contributed by atoms with Crippen LogP contribution in [0.4, 0.5) is 0 Å². The summed E-state index contributed by atoms with van der Waals surface area (Å²) < 4.78 is 13.5. The Kier molecular flexibility index (Phi) is 7.21. The molecule has 2 heterocycles. The Morgan fingerprint density at radius 2 is 1.97 bits per heavy atom. The van der Waals surface area contributed by atoms with Gasteiger partial charge in [-0.25, -0.2) is 0 Å². The van der Waals surface area contributed by atoms with E-state index in [1.165, 1.54) is 6.42 Å². The van der Waals surface area contributed by atoms with Crippen molar-refractivity contribution in [3.8, 4) is 0 Å². The normalized spacial score (nSPS) is 35.0. The summed E-state index contributed by atoms with van der Waals surface area (Å²) in [7, 11) is -0.493. The van der Waals surface area contributed by atoms with Crippen LogP contribution in [0.5, 0.6) is 0 Å². The number of primary amides is 1. The molecular formula is C25H38BClN5O3+. The SMILES string of the molecule is CC1(C)C2CC3OB(C(CCCCN)[N+]4(CC(N)=O)C=NC(c5ccccc5)=N4)OC3(C)C1C2.Cl. The van der Waals surface area contributed by atoms with Gasteiger partial charge in [-0.3, -0.25) is 4.79 Å². The second kappa shape index (κ2) is 9.59. The fourth-order valence-electron chi connectivity index (χ4n) is 6.84. The molecule has 3 saturated carbocycles. The molecule has 0 radical (unpaired) electrons. The zero-order valence-electron chi connectivity index (χ0n) is 20.9. The van der Waals surface area contributed by atoms with Crippen LogP contribution in [0, 0.1) is 17.3 Å². The molecule has 4 fully saturated rings. The van der Waals surface area contributed by atoms with Gasteiger partial charge >= 0.3 is 7.12 Å². The van der Waals surface area contributed by atoms with Crippen molar-refractivity contribution in [1.29, 1.82) is 0 Å². The average Bonchev–Trinajstić information content (AvgIpc) is 3.37. The van der Waals surface area contributed by atoms with E-state index in [2.05, 4.69) is 25.8 Å². The summed E-state index contributed by atoms with van der Waals surface area (Å²) in [5.74, 6) is 1.04. The number of amides is 1. The minimum Gasteiger partial charge on any atom is -0.401 e. The van der Waals surface area contributed by atoms with E-state index >= 15 is 0 Å². The monoisotopic (exact) mass is 502 g/mol. The van der Waals surface area contributed by atoms with Crippen molar-refractivity contribution in [3.05, 3.63) is 35.9 Å². The lowest BCUT2D eigenvalue weighted by Gasteiger charge is -2.64. The molecule has 1 amide bonds. The van der Waals surface area contributed by atoms with Crippen LogP contribution in [0.1, 0.15) is 58.4 Å². The van der Waals surface area contributed by atoms with Gasteiger partial charge in [-0.15, -0.1) is 17.0 Å². The number of hydrogen-bond donors (Lipinski definition) is 2. The highest BCUT2D eigenvalue weighted by atomic mass is 35.5. The molecular weight excluding hydrogens is 465 g/mol. The highest BCUT2D eigenvalue weighted by Crippen LogP contribution is 2.66. The molecule has 2 bridgehead atoms. The Morgan fingerprint density at radius 3 is 2.63 bits per heavy atom. The third-order valence-electron chi connectivity index (χ3n) is 8.91. The molecule has 190 valence electrons. The van der Waals surface area contributed by atoms with Gasteiger partial charge in [-0.1, -0.05) is 49.3 Å². The number of hydrogen-bond acceptors (Lipinski definition) is 6. The third-order valence-corrected chi connectivity index (χ3v) is 8.91. The van der Waals surface area contributed by atoms with E-state index in [1.807, 2.05) is 30.3 Å². The van der Waals surface area contributed by atoms with E-state index in [0.717, 1.165) is 31.2 Å². The number of nitrogens with two attached hydrogens (primary N) is 2. The van der Waals surface area contributed by atoms with E-state index < -0.39 is 13.0 Å². The number of halogens is 1. The molecule has 1 saturated heterocycles. The summed E-state index contributed by atoms with van der Waals surface area (Å²) in [6.45, 7) is 7.54. The molecule has 4 N–H and O–H groups in total. The summed E-state index contributed by atoms with van der Waals surface area (Å²) in [5, 5.41) is 4.99. The summed E-state index contributed by atoms with van der Waals surface area (Å²) in [6, 6.07) is 9.80. The quantitative estimate of drug-likeness (QED) is 0.307. The van der Waals surface area contributed by atoms with Crippen molar-refractivity contribution in [3.63, 3.8) is 0 Å². The Labute approximate surface area is 214 Å². The van der Waals surface area contributed by atoms with Gasteiger partial charge in [0.2, 0.25) is 12.2 Å². The summed E-state index contributed by atoms with van der Waals surface area (Å²) in [6.07, 6.45) is 6.50. The Bertz CT molecular complexity index is 1010. The van der Waals surface area contributed by atoms with Crippen LogP contribution < -0.4 is 11.5 Å². The summed E-state index contributed by atoms with van der Waals surface area (Å²) >= 11 is 0. The van der Waals surface area contributed by atoms with Crippen molar-refractivity contribution < 1.29 is 18.7 Å². The number of carbonyl (C=O) groups is 1. The molecule has 8 nitrogen and oxygen atoms in total. The first kappa shape index (κ1) is 26.3. The number of carbonyl (C=O) groups excluding carboxylic acids is 1. The Morgan fingerprint density at radius 1 is 1.23 bits per heavy atom. The highest BCUT2D eigenvalue weighted by molar-refractivity contribution is 6.47. The maximum atomic E-state index is 12.3. The zero-order chi connectivity index (χ0) is 24.1. The predicted octanol–water partition coefficient (Wildman–Crippen LogP) is 2.88. The molecule has 5 aliphatic rings. The van der Waals surface area contributed by atoms with Crippen molar-refractivity contribution >= 4 is 37.6 Å². The number of nitrogens with zero attached hydrogens (tertiary/aromatic N) is 3. The van der Waals surface area contributed by atoms with Crippen molar-refractivity contribution in [1.82, 2.24) is 0 Å². The Balaban J connectivity index is 0.00000289. The highest BCUT2D eigenvalue weighted by Gasteiger charge is 2.70. The molecule has 6 rings (SSSR count). The predicted molar refractivity (Wildman–Crippen MR) is 140 cm³/mol. The summed E-state index contributed by atoms with van der Waals surface area (Å²) in [4.78, 5) is 16.9. The molecule has 0 spiro atoms. The van der Waals surface area contributed by atoms with Crippen LogP contribution in [0.15, 0.2) is 40.4 Å². The van der Waals surface area contributed by atoms with E-state index in [1.54, 1.807) is 6.34 Å². The summed E-state index contributed by atoms with van der Waals surface area (Å²) in [5.41, 5.74) is 12.4. The van der Waals surface area contributed by atoms with E-state index in [4.69, 9.17) is 25.9 Å². The first-order valence-corrected chi connectivity index (χ1v) is 12.6. The fraction of sp³-hybridized carbons (Fsp3) is 0.640. The second-order valence-corrected chi connectivity index (χ2v) is 11.2. The van der Waals surface area contributed by atoms with Gasteiger partial charge in [0.25, 0.3) is 5.91 Å². The third kappa shape index (κ3) is 4.35. The fourth-order valence-corrected chi connectivity index (χ4v) is 6.84. The molecule has 1 aromatic rings. The number of amidine groups is 1. The maximum Gasteiger partial charge on any atom is 0.524 e. The number of rotatable bonds is 9. The Hall–Kier alpha value is -1.78. The average molecular weight is 503 g/mol. The zero-order valence-corrected chi connectivity index (χ0v) is 21.7. The lowest BCUT2D eigenvalue weighted by Crippen LogP contribution is -2.65. The van der Waals surface area contributed by atoms with Crippen molar-refractivity contribution in [2.75, 3.05) is 13.1 Å². The van der Waals surface area contributed by atoms with Crippen LogP contribution in [0.3, 0.4) is 0 Å².